The number of benzene rings is 1. The summed E-state index contributed by atoms with van der Waals surface area (Å²) in [4.78, 5) is 3.36. The maximum atomic E-state index is 5.83. The Labute approximate surface area is 98.8 Å². The molecular weight excluding hydrogens is 212 g/mol. The average molecular weight is 226 g/mol. The molecule has 0 bridgehead atoms. The van der Waals surface area contributed by atoms with Gasteiger partial charge in [0.2, 0.25) is 0 Å². The van der Waals surface area contributed by atoms with Gasteiger partial charge in [0.1, 0.15) is 5.82 Å². The molecule has 4 heteroatoms. The Morgan fingerprint density at radius 2 is 2.06 bits per heavy atom. The number of hydrogen-bond donors (Lipinski definition) is 3. The number of nitrogens with one attached hydrogen (secondary N) is 2. The van der Waals surface area contributed by atoms with E-state index < -0.39 is 0 Å². The Morgan fingerprint density at radius 1 is 1.24 bits per heavy atom. The Hall–Kier alpha value is -2.23. The first-order chi connectivity index (χ1) is 8.16. The number of aromatic amines is 2. The fraction of sp³-hybridized carbons (Fsp3) is 0.154. The third kappa shape index (κ3) is 1.41. The molecule has 0 aliphatic rings. The summed E-state index contributed by atoms with van der Waals surface area (Å²) in [6, 6.07) is 6.28. The number of H-pyrrole nitrogens is 2. The SMILES string of the molecule is Cc1[nH]c2ccc(-c3cn[nH]c3N)cc2c1C. The van der Waals surface area contributed by atoms with Crippen molar-refractivity contribution in [3.8, 4) is 11.1 Å². The second-order valence-corrected chi connectivity index (χ2v) is 4.33. The van der Waals surface area contributed by atoms with Gasteiger partial charge in [0.25, 0.3) is 0 Å². The van der Waals surface area contributed by atoms with Crippen molar-refractivity contribution in [1.29, 1.82) is 0 Å². The van der Waals surface area contributed by atoms with Crippen molar-refractivity contribution in [2.75, 3.05) is 5.73 Å². The van der Waals surface area contributed by atoms with E-state index in [1.807, 2.05) is 0 Å². The number of hydrogen-bond acceptors (Lipinski definition) is 2. The molecule has 0 amide bonds. The van der Waals surface area contributed by atoms with Crippen LogP contribution >= 0.6 is 0 Å². The van der Waals surface area contributed by atoms with Crippen molar-refractivity contribution >= 4 is 16.7 Å². The van der Waals surface area contributed by atoms with Crippen LogP contribution in [-0.2, 0) is 0 Å². The first-order valence-electron chi connectivity index (χ1n) is 5.55. The standard InChI is InChI=1S/C13H14N4/c1-7-8(2)16-12-4-3-9(5-10(7)12)11-6-15-17-13(11)14/h3-6,16H,1-2H3,(H3,14,15,17). The van der Waals surface area contributed by atoms with Crippen LogP contribution in [0.25, 0.3) is 22.0 Å². The number of aromatic nitrogens is 3. The van der Waals surface area contributed by atoms with Gasteiger partial charge in [0, 0.05) is 22.2 Å². The number of rotatable bonds is 1. The lowest BCUT2D eigenvalue weighted by Crippen LogP contribution is -1.87. The maximum Gasteiger partial charge on any atom is 0.126 e. The first-order valence-corrected chi connectivity index (χ1v) is 5.55. The molecule has 0 saturated heterocycles. The molecule has 4 nitrogen and oxygen atoms in total. The summed E-state index contributed by atoms with van der Waals surface area (Å²) < 4.78 is 0. The van der Waals surface area contributed by atoms with E-state index in [0.29, 0.717) is 5.82 Å². The molecule has 4 N–H and O–H groups in total. The van der Waals surface area contributed by atoms with Gasteiger partial charge in [-0.1, -0.05) is 6.07 Å². The summed E-state index contributed by atoms with van der Waals surface area (Å²) in [5, 5.41) is 7.94. The first kappa shape index (κ1) is 9.96. The monoisotopic (exact) mass is 226 g/mol. The lowest BCUT2D eigenvalue weighted by Gasteiger charge is -2.00. The summed E-state index contributed by atoms with van der Waals surface area (Å²) in [5.41, 5.74) is 11.5. The third-order valence-electron chi connectivity index (χ3n) is 3.29. The predicted molar refractivity (Wildman–Crippen MR) is 69.8 cm³/mol. The highest BCUT2D eigenvalue weighted by molar-refractivity contribution is 5.90. The van der Waals surface area contributed by atoms with Gasteiger partial charge in [-0.25, -0.2) is 0 Å². The van der Waals surface area contributed by atoms with Crippen LogP contribution in [0.1, 0.15) is 11.3 Å². The predicted octanol–water partition coefficient (Wildman–Crippen LogP) is 2.76. The van der Waals surface area contributed by atoms with Crippen molar-refractivity contribution in [3.05, 3.63) is 35.7 Å². The van der Waals surface area contributed by atoms with E-state index in [4.69, 9.17) is 5.73 Å². The van der Waals surface area contributed by atoms with E-state index in [9.17, 15) is 0 Å². The van der Waals surface area contributed by atoms with Gasteiger partial charge >= 0.3 is 0 Å². The Morgan fingerprint density at radius 3 is 2.76 bits per heavy atom. The molecule has 3 aromatic rings. The molecule has 0 radical (unpaired) electrons. The molecule has 0 unspecified atom stereocenters. The van der Waals surface area contributed by atoms with Crippen LogP contribution in [0.4, 0.5) is 5.82 Å². The summed E-state index contributed by atoms with van der Waals surface area (Å²) in [5.74, 6) is 0.606. The number of nitrogens with zero attached hydrogens (tertiary/aromatic N) is 1. The minimum Gasteiger partial charge on any atom is -0.384 e. The summed E-state index contributed by atoms with van der Waals surface area (Å²) in [6.45, 7) is 4.21. The minimum absolute atomic E-state index is 0.606. The molecule has 1 aromatic carbocycles. The molecule has 86 valence electrons. The zero-order valence-corrected chi connectivity index (χ0v) is 9.83. The molecule has 0 fully saturated rings. The van der Waals surface area contributed by atoms with Crippen molar-refractivity contribution in [1.82, 2.24) is 15.2 Å². The van der Waals surface area contributed by atoms with Crippen LogP contribution < -0.4 is 5.73 Å². The van der Waals surface area contributed by atoms with Crippen LogP contribution in [-0.4, -0.2) is 15.2 Å². The highest BCUT2D eigenvalue weighted by atomic mass is 15.1. The number of fused-ring (bicyclic) bond motifs is 1. The zero-order chi connectivity index (χ0) is 12.0. The molecule has 3 rings (SSSR count). The normalized spacial score (nSPS) is 11.2. The van der Waals surface area contributed by atoms with Crippen LogP contribution in [0.2, 0.25) is 0 Å². The molecule has 0 spiro atoms. The zero-order valence-electron chi connectivity index (χ0n) is 9.83. The molecule has 0 saturated carbocycles. The van der Waals surface area contributed by atoms with Crippen LogP contribution in [0.5, 0.6) is 0 Å². The molecule has 2 heterocycles. The van der Waals surface area contributed by atoms with Crippen LogP contribution in [0.3, 0.4) is 0 Å². The highest BCUT2D eigenvalue weighted by Crippen LogP contribution is 2.29. The van der Waals surface area contributed by atoms with E-state index in [-0.39, 0.29) is 0 Å². The fourth-order valence-corrected chi connectivity index (χ4v) is 2.15. The van der Waals surface area contributed by atoms with E-state index >= 15 is 0 Å². The van der Waals surface area contributed by atoms with Crippen LogP contribution in [0, 0.1) is 13.8 Å². The van der Waals surface area contributed by atoms with Gasteiger partial charge in [0.15, 0.2) is 0 Å². The second-order valence-electron chi connectivity index (χ2n) is 4.33. The lowest BCUT2D eigenvalue weighted by atomic mass is 10.0. The quantitative estimate of drug-likeness (QED) is 0.597. The Kier molecular flexibility index (Phi) is 1.98. The number of nitrogens with two attached hydrogens (primary N) is 1. The van der Waals surface area contributed by atoms with Gasteiger partial charge in [-0.2, -0.15) is 5.10 Å². The van der Waals surface area contributed by atoms with Gasteiger partial charge in [0.05, 0.1) is 6.20 Å². The van der Waals surface area contributed by atoms with Gasteiger partial charge in [-0.3, -0.25) is 5.10 Å². The summed E-state index contributed by atoms with van der Waals surface area (Å²) in [6.07, 6.45) is 1.76. The third-order valence-corrected chi connectivity index (χ3v) is 3.29. The molecular formula is C13H14N4. The maximum absolute atomic E-state index is 5.83. The van der Waals surface area contributed by atoms with Crippen molar-refractivity contribution in [2.24, 2.45) is 0 Å². The number of aryl methyl sites for hydroxylation is 2. The molecule has 2 aromatic heterocycles. The topological polar surface area (TPSA) is 70.5 Å². The van der Waals surface area contributed by atoms with Crippen molar-refractivity contribution in [2.45, 2.75) is 13.8 Å². The van der Waals surface area contributed by atoms with E-state index in [1.165, 1.54) is 16.6 Å². The summed E-state index contributed by atoms with van der Waals surface area (Å²) in [7, 11) is 0. The van der Waals surface area contributed by atoms with Gasteiger partial charge in [-0.15, -0.1) is 0 Å². The smallest absolute Gasteiger partial charge is 0.126 e. The van der Waals surface area contributed by atoms with Gasteiger partial charge < -0.3 is 10.7 Å². The van der Waals surface area contributed by atoms with Crippen LogP contribution in [0.15, 0.2) is 24.4 Å². The lowest BCUT2D eigenvalue weighted by molar-refractivity contribution is 1.10. The number of nitrogen functional groups attached to an aromatic ring is 1. The average Bonchev–Trinajstić information content (AvgIpc) is 2.85. The van der Waals surface area contributed by atoms with Crippen molar-refractivity contribution in [3.63, 3.8) is 0 Å². The van der Waals surface area contributed by atoms with Gasteiger partial charge in [-0.05, 0) is 37.1 Å². The minimum atomic E-state index is 0.606. The number of anilines is 1. The molecule has 17 heavy (non-hydrogen) atoms. The fourth-order valence-electron chi connectivity index (χ4n) is 2.15. The molecule has 0 aliphatic heterocycles. The van der Waals surface area contributed by atoms with E-state index in [1.54, 1.807) is 6.20 Å². The van der Waals surface area contributed by atoms with E-state index in [0.717, 1.165) is 16.6 Å². The van der Waals surface area contributed by atoms with Crippen molar-refractivity contribution < 1.29 is 0 Å². The highest BCUT2D eigenvalue weighted by Gasteiger charge is 2.08. The molecule has 0 aliphatic carbocycles. The Balaban J connectivity index is 2.26. The molecule has 0 atom stereocenters. The second kappa shape index (κ2) is 3.38. The summed E-state index contributed by atoms with van der Waals surface area (Å²) >= 11 is 0. The Bertz CT molecular complexity index is 691. The van der Waals surface area contributed by atoms with E-state index in [2.05, 4.69) is 47.2 Å². The largest absolute Gasteiger partial charge is 0.384 e.